The van der Waals surface area contributed by atoms with Crippen molar-refractivity contribution in [2.75, 3.05) is 27.2 Å². The highest BCUT2D eigenvalue weighted by Crippen LogP contribution is 2.14. The molecule has 4 nitrogen and oxygen atoms in total. The molecule has 1 atom stereocenters. The van der Waals surface area contributed by atoms with Crippen molar-refractivity contribution in [3.63, 3.8) is 0 Å². The summed E-state index contributed by atoms with van der Waals surface area (Å²) in [6.45, 7) is 1.55. The van der Waals surface area contributed by atoms with E-state index >= 15 is 0 Å². The lowest BCUT2D eigenvalue weighted by Gasteiger charge is -2.23. The van der Waals surface area contributed by atoms with Crippen molar-refractivity contribution in [2.45, 2.75) is 38.1 Å². The number of nitrogens with two attached hydrogens (primary N) is 1. The first-order valence-electron chi connectivity index (χ1n) is 7.82. The molecular weight excluding hydrogens is 333 g/mol. The van der Waals surface area contributed by atoms with E-state index < -0.39 is 0 Å². The summed E-state index contributed by atoms with van der Waals surface area (Å²) < 4.78 is 0. The summed E-state index contributed by atoms with van der Waals surface area (Å²) in [6.07, 6.45) is 4.78. The third-order valence-corrected chi connectivity index (χ3v) is 3.44. The summed E-state index contributed by atoms with van der Waals surface area (Å²) in [6, 6.07) is 10.2. The van der Waals surface area contributed by atoms with E-state index in [-0.39, 0.29) is 36.8 Å². The molecule has 1 amide bonds. The predicted octanol–water partition coefficient (Wildman–Crippen LogP) is 3.16. The van der Waals surface area contributed by atoms with Gasteiger partial charge in [0.15, 0.2) is 0 Å². The Hall–Kier alpha value is -0.810. The van der Waals surface area contributed by atoms with E-state index in [4.69, 9.17) is 5.73 Å². The lowest BCUT2D eigenvalue weighted by Crippen LogP contribution is -2.35. The number of unbranched alkanes of at least 4 members (excludes halogenated alkanes) is 3. The zero-order valence-corrected chi connectivity index (χ0v) is 15.8. The second-order valence-electron chi connectivity index (χ2n) is 5.75. The van der Waals surface area contributed by atoms with Crippen LogP contribution in [-0.2, 0) is 4.79 Å². The number of nitrogens with zero attached hydrogens (tertiary/aromatic N) is 1. The van der Waals surface area contributed by atoms with Crippen LogP contribution in [0.2, 0.25) is 0 Å². The van der Waals surface area contributed by atoms with Gasteiger partial charge in [0, 0.05) is 13.0 Å². The van der Waals surface area contributed by atoms with E-state index in [1.165, 1.54) is 0 Å². The number of nitrogens with one attached hydrogen (secondary N) is 1. The number of carbonyl (C=O) groups excluding carboxylic acids is 1. The van der Waals surface area contributed by atoms with Gasteiger partial charge in [0.1, 0.15) is 0 Å². The average molecular weight is 364 g/mol. The second-order valence-corrected chi connectivity index (χ2v) is 5.75. The van der Waals surface area contributed by atoms with Crippen molar-refractivity contribution in [2.24, 2.45) is 5.73 Å². The molecule has 0 aromatic heterocycles. The fourth-order valence-corrected chi connectivity index (χ4v) is 2.33. The summed E-state index contributed by atoms with van der Waals surface area (Å²) >= 11 is 0. The summed E-state index contributed by atoms with van der Waals surface area (Å²) in [5.74, 6) is 0.137. The molecule has 0 spiro atoms. The molecule has 0 aliphatic carbocycles. The van der Waals surface area contributed by atoms with Gasteiger partial charge >= 0.3 is 0 Å². The monoisotopic (exact) mass is 363 g/mol. The standard InChI is InChI=1S/C17H29N3O.2ClH/c1-20(2)14-16(15-10-6-5-7-11-15)19-17(21)12-8-3-4-9-13-18;;/h5-7,10-11,16H,3-4,8-9,12-14,18H2,1-2H3,(H,19,21);2*1H. The highest BCUT2D eigenvalue weighted by Gasteiger charge is 2.14. The Labute approximate surface area is 153 Å². The van der Waals surface area contributed by atoms with Gasteiger partial charge in [-0.2, -0.15) is 0 Å². The van der Waals surface area contributed by atoms with E-state index in [0.29, 0.717) is 6.42 Å². The van der Waals surface area contributed by atoms with Crippen LogP contribution in [0.1, 0.15) is 43.7 Å². The molecule has 0 bridgehead atoms. The quantitative estimate of drug-likeness (QED) is 0.627. The molecule has 0 radical (unpaired) electrons. The summed E-state index contributed by atoms with van der Waals surface area (Å²) in [5, 5.41) is 3.15. The Morgan fingerprint density at radius 2 is 1.70 bits per heavy atom. The second kappa shape index (κ2) is 14.8. The number of benzene rings is 1. The van der Waals surface area contributed by atoms with E-state index in [2.05, 4.69) is 22.3 Å². The molecule has 0 fully saturated rings. The molecular formula is C17H31Cl2N3O. The number of hydrogen-bond acceptors (Lipinski definition) is 3. The molecule has 6 heteroatoms. The Morgan fingerprint density at radius 3 is 2.26 bits per heavy atom. The molecule has 1 unspecified atom stereocenters. The molecule has 134 valence electrons. The average Bonchev–Trinajstić information content (AvgIpc) is 2.47. The van der Waals surface area contributed by atoms with Gasteiger partial charge in [0.05, 0.1) is 6.04 Å². The minimum atomic E-state index is 0. The van der Waals surface area contributed by atoms with Crippen LogP contribution in [0.25, 0.3) is 0 Å². The molecule has 1 rings (SSSR count). The molecule has 3 N–H and O–H groups in total. The maximum Gasteiger partial charge on any atom is 0.220 e. The number of carbonyl (C=O) groups is 1. The number of amides is 1. The number of likely N-dealkylation sites (N-methyl/N-ethyl adjacent to an activating group) is 1. The summed E-state index contributed by atoms with van der Waals surface area (Å²) in [7, 11) is 4.05. The highest BCUT2D eigenvalue weighted by molar-refractivity contribution is 5.85. The highest BCUT2D eigenvalue weighted by atomic mass is 35.5. The zero-order valence-electron chi connectivity index (χ0n) is 14.2. The van der Waals surface area contributed by atoms with E-state index in [9.17, 15) is 4.79 Å². The minimum absolute atomic E-state index is 0. The maximum absolute atomic E-state index is 12.1. The lowest BCUT2D eigenvalue weighted by atomic mass is 10.1. The summed E-state index contributed by atoms with van der Waals surface area (Å²) in [5.41, 5.74) is 6.62. The smallest absolute Gasteiger partial charge is 0.220 e. The molecule has 1 aromatic rings. The van der Waals surface area contributed by atoms with Crippen molar-refractivity contribution >= 4 is 30.7 Å². The van der Waals surface area contributed by atoms with Crippen LogP contribution in [0.3, 0.4) is 0 Å². The van der Waals surface area contributed by atoms with E-state index in [1.54, 1.807) is 0 Å². The maximum atomic E-state index is 12.1. The zero-order chi connectivity index (χ0) is 15.5. The van der Waals surface area contributed by atoms with Gasteiger partial charge < -0.3 is 16.0 Å². The number of rotatable bonds is 10. The number of hydrogen-bond donors (Lipinski definition) is 2. The van der Waals surface area contributed by atoms with Crippen LogP contribution in [0, 0.1) is 0 Å². The van der Waals surface area contributed by atoms with Crippen LogP contribution >= 0.6 is 24.8 Å². The van der Waals surface area contributed by atoms with Crippen LogP contribution in [-0.4, -0.2) is 38.0 Å². The topological polar surface area (TPSA) is 58.4 Å². The first kappa shape index (κ1) is 24.4. The van der Waals surface area contributed by atoms with Crippen LogP contribution < -0.4 is 11.1 Å². The SMILES string of the molecule is CN(C)CC(NC(=O)CCCCCCN)c1ccccc1.Cl.Cl. The molecule has 0 heterocycles. The van der Waals surface area contributed by atoms with E-state index in [0.717, 1.165) is 44.3 Å². The van der Waals surface area contributed by atoms with Gasteiger partial charge in [-0.25, -0.2) is 0 Å². The van der Waals surface area contributed by atoms with Gasteiger partial charge in [-0.05, 0) is 39.0 Å². The first-order chi connectivity index (χ1) is 10.1. The molecule has 0 saturated heterocycles. The van der Waals surface area contributed by atoms with Crippen LogP contribution in [0.15, 0.2) is 30.3 Å². The molecule has 1 aromatic carbocycles. The number of halogens is 2. The van der Waals surface area contributed by atoms with Gasteiger partial charge in [0.25, 0.3) is 0 Å². The minimum Gasteiger partial charge on any atom is -0.348 e. The fourth-order valence-electron chi connectivity index (χ4n) is 2.33. The van der Waals surface area contributed by atoms with Crippen molar-refractivity contribution in [1.29, 1.82) is 0 Å². The van der Waals surface area contributed by atoms with Gasteiger partial charge in [0.2, 0.25) is 5.91 Å². The Kier molecular flexibility index (Phi) is 15.7. The van der Waals surface area contributed by atoms with Crippen molar-refractivity contribution in [3.8, 4) is 0 Å². The van der Waals surface area contributed by atoms with Gasteiger partial charge in [-0.3, -0.25) is 4.79 Å². The Balaban J connectivity index is 0. The van der Waals surface area contributed by atoms with Gasteiger partial charge in [-0.1, -0.05) is 43.2 Å². The Morgan fingerprint density at radius 1 is 1.09 bits per heavy atom. The fraction of sp³-hybridized carbons (Fsp3) is 0.588. The van der Waals surface area contributed by atoms with Crippen molar-refractivity contribution in [3.05, 3.63) is 35.9 Å². The Bertz CT molecular complexity index is 402. The van der Waals surface area contributed by atoms with Crippen molar-refractivity contribution in [1.82, 2.24) is 10.2 Å². The van der Waals surface area contributed by atoms with E-state index in [1.807, 2.05) is 32.3 Å². The molecule has 0 saturated carbocycles. The first-order valence-corrected chi connectivity index (χ1v) is 7.82. The predicted molar refractivity (Wildman–Crippen MR) is 103 cm³/mol. The third-order valence-electron chi connectivity index (χ3n) is 3.44. The van der Waals surface area contributed by atoms with Gasteiger partial charge in [-0.15, -0.1) is 24.8 Å². The summed E-state index contributed by atoms with van der Waals surface area (Å²) in [4.78, 5) is 14.2. The molecule has 0 aliphatic heterocycles. The largest absolute Gasteiger partial charge is 0.348 e. The van der Waals surface area contributed by atoms with Crippen LogP contribution in [0.4, 0.5) is 0 Å². The normalized spacial score (nSPS) is 11.3. The molecule has 0 aliphatic rings. The molecule has 23 heavy (non-hydrogen) atoms. The lowest BCUT2D eigenvalue weighted by molar-refractivity contribution is -0.122. The third kappa shape index (κ3) is 11.4. The van der Waals surface area contributed by atoms with Crippen molar-refractivity contribution < 1.29 is 4.79 Å². The van der Waals surface area contributed by atoms with Crippen LogP contribution in [0.5, 0.6) is 0 Å².